The standard InChI is InChI=1S/C16H16N2O2/c1-10-3-4-13(9-15(10)17)16(20)12-5-7-14(8-6-12)18-11(2)19/h3-9H,17H2,1-2H3,(H,18,19). The zero-order valence-corrected chi connectivity index (χ0v) is 11.4. The van der Waals surface area contributed by atoms with Crippen molar-refractivity contribution in [1.82, 2.24) is 0 Å². The molecule has 3 N–H and O–H groups in total. The van der Waals surface area contributed by atoms with E-state index in [0.29, 0.717) is 22.5 Å². The highest BCUT2D eigenvalue weighted by molar-refractivity contribution is 6.09. The first-order valence-electron chi connectivity index (χ1n) is 6.26. The Kier molecular flexibility index (Phi) is 3.84. The van der Waals surface area contributed by atoms with Gasteiger partial charge in [0.1, 0.15) is 0 Å². The Balaban J connectivity index is 2.24. The van der Waals surface area contributed by atoms with Crippen LogP contribution in [0.4, 0.5) is 11.4 Å². The molecule has 0 aliphatic rings. The van der Waals surface area contributed by atoms with Crippen LogP contribution in [0.15, 0.2) is 42.5 Å². The van der Waals surface area contributed by atoms with Gasteiger partial charge < -0.3 is 11.1 Å². The van der Waals surface area contributed by atoms with Gasteiger partial charge in [-0.2, -0.15) is 0 Å². The highest BCUT2D eigenvalue weighted by atomic mass is 16.1. The number of amides is 1. The van der Waals surface area contributed by atoms with Crippen LogP contribution in [0.1, 0.15) is 28.4 Å². The molecular formula is C16H16N2O2. The maximum Gasteiger partial charge on any atom is 0.221 e. The Morgan fingerprint density at radius 3 is 2.15 bits per heavy atom. The number of ketones is 1. The molecule has 2 aromatic rings. The lowest BCUT2D eigenvalue weighted by Gasteiger charge is -2.06. The van der Waals surface area contributed by atoms with Crippen molar-refractivity contribution in [2.45, 2.75) is 13.8 Å². The fourth-order valence-electron chi connectivity index (χ4n) is 1.86. The van der Waals surface area contributed by atoms with Crippen LogP contribution < -0.4 is 11.1 Å². The van der Waals surface area contributed by atoms with Crippen molar-refractivity contribution >= 4 is 23.1 Å². The Bertz CT molecular complexity index is 661. The predicted molar refractivity (Wildman–Crippen MR) is 79.8 cm³/mol. The van der Waals surface area contributed by atoms with E-state index in [9.17, 15) is 9.59 Å². The van der Waals surface area contributed by atoms with E-state index in [1.807, 2.05) is 13.0 Å². The maximum atomic E-state index is 12.3. The zero-order valence-electron chi connectivity index (χ0n) is 11.4. The van der Waals surface area contributed by atoms with E-state index in [2.05, 4.69) is 5.32 Å². The first kappa shape index (κ1) is 13.8. The topological polar surface area (TPSA) is 72.2 Å². The summed E-state index contributed by atoms with van der Waals surface area (Å²) in [7, 11) is 0. The predicted octanol–water partition coefficient (Wildman–Crippen LogP) is 2.77. The van der Waals surface area contributed by atoms with Crippen molar-refractivity contribution in [2.75, 3.05) is 11.1 Å². The summed E-state index contributed by atoms with van der Waals surface area (Å²) >= 11 is 0. The van der Waals surface area contributed by atoms with Gasteiger partial charge in [-0.3, -0.25) is 9.59 Å². The van der Waals surface area contributed by atoms with E-state index >= 15 is 0 Å². The highest BCUT2D eigenvalue weighted by Crippen LogP contribution is 2.18. The minimum absolute atomic E-state index is 0.0916. The lowest BCUT2D eigenvalue weighted by molar-refractivity contribution is -0.114. The zero-order chi connectivity index (χ0) is 14.7. The first-order chi connectivity index (χ1) is 9.47. The summed E-state index contributed by atoms with van der Waals surface area (Å²) in [5.41, 5.74) is 9.14. The lowest BCUT2D eigenvalue weighted by Crippen LogP contribution is -2.07. The van der Waals surface area contributed by atoms with Gasteiger partial charge >= 0.3 is 0 Å². The van der Waals surface area contributed by atoms with Crippen molar-refractivity contribution < 1.29 is 9.59 Å². The maximum absolute atomic E-state index is 12.3. The van der Waals surface area contributed by atoms with Gasteiger partial charge in [0.05, 0.1) is 0 Å². The number of benzene rings is 2. The van der Waals surface area contributed by atoms with E-state index in [1.165, 1.54) is 6.92 Å². The molecule has 0 heterocycles. The number of anilines is 2. The van der Waals surface area contributed by atoms with Gasteiger partial charge in [0.15, 0.2) is 5.78 Å². The number of rotatable bonds is 3. The van der Waals surface area contributed by atoms with E-state index in [0.717, 1.165) is 5.56 Å². The second-order valence-electron chi connectivity index (χ2n) is 4.66. The summed E-state index contributed by atoms with van der Waals surface area (Å²) in [4.78, 5) is 23.2. The van der Waals surface area contributed by atoms with E-state index in [4.69, 9.17) is 5.73 Å². The van der Waals surface area contributed by atoms with E-state index < -0.39 is 0 Å². The molecule has 4 nitrogen and oxygen atoms in total. The van der Waals surface area contributed by atoms with Crippen molar-refractivity contribution in [1.29, 1.82) is 0 Å². The summed E-state index contributed by atoms with van der Waals surface area (Å²) in [6.07, 6.45) is 0. The summed E-state index contributed by atoms with van der Waals surface area (Å²) in [5, 5.41) is 2.66. The van der Waals surface area contributed by atoms with Gasteiger partial charge in [-0.25, -0.2) is 0 Å². The largest absolute Gasteiger partial charge is 0.398 e. The molecule has 2 rings (SSSR count). The van der Waals surface area contributed by atoms with Crippen molar-refractivity contribution in [3.63, 3.8) is 0 Å². The van der Waals surface area contributed by atoms with Crippen LogP contribution in [0, 0.1) is 6.92 Å². The number of carbonyl (C=O) groups excluding carboxylic acids is 2. The van der Waals surface area contributed by atoms with Gasteiger partial charge in [0.2, 0.25) is 5.91 Å². The van der Waals surface area contributed by atoms with Crippen LogP contribution in [0.3, 0.4) is 0 Å². The fourth-order valence-corrected chi connectivity index (χ4v) is 1.86. The highest BCUT2D eigenvalue weighted by Gasteiger charge is 2.10. The number of nitrogens with two attached hydrogens (primary N) is 1. The number of carbonyl (C=O) groups is 2. The third kappa shape index (κ3) is 3.03. The minimum Gasteiger partial charge on any atom is -0.398 e. The van der Waals surface area contributed by atoms with E-state index in [-0.39, 0.29) is 11.7 Å². The molecule has 20 heavy (non-hydrogen) atoms. The molecule has 0 aliphatic heterocycles. The molecule has 0 aliphatic carbocycles. The summed E-state index contributed by atoms with van der Waals surface area (Å²) < 4.78 is 0. The Labute approximate surface area is 117 Å². The molecule has 4 heteroatoms. The fraction of sp³-hybridized carbons (Fsp3) is 0.125. The molecule has 1 amide bonds. The molecule has 0 radical (unpaired) electrons. The van der Waals surface area contributed by atoms with Crippen molar-refractivity contribution in [3.8, 4) is 0 Å². The van der Waals surface area contributed by atoms with E-state index in [1.54, 1.807) is 36.4 Å². The molecule has 0 saturated carbocycles. The minimum atomic E-state index is -0.143. The smallest absolute Gasteiger partial charge is 0.221 e. The van der Waals surface area contributed by atoms with Crippen LogP contribution in [-0.4, -0.2) is 11.7 Å². The Morgan fingerprint density at radius 1 is 1.00 bits per heavy atom. The second-order valence-corrected chi connectivity index (χ2v) is 4.66. The summed E-state index contributed by atoms with van der Waals surface area (Å²) in [5.74, 6) is -0.235. The normalized spacial score (nSPS) is 10.1. The third-order valence-electron chi connectivity index (χ3n) is 3.01. The van der Waals surface area contributed by atoms with Crippen LogP contribution in [0.2, 0.25) is 0 Å². The van der Waals surface area contributed by atoms with Gasteiger partial charge in [-0.05, 0) is 42.8 Å². The molecule has 2 aromatic carbocycles. The van der Waals surface area contributed by atoms with Gasteiger partial charge in [-0.1, -0.05) is 12.1 Å². The van der Waals surface area contributed by atoms with Gasteiger partial charge in [0, 0.05) is 29.4 Å². The number of hydrogen-bond donors (Lipinski definition) is 2. The number of aryl methyl sites for hydroxylation is 1. The Morgan fingerprint density at radius 2 is 1.60 bits per heavy atom. The molecule has 0 atom stereocenters. The van der Waals surface area contributed by atoms with Crippen molar-refractivity contribution in [3.05, 3.63) is 59.2 Å². The quantitative estimate of drug-likeness (QED) is 0.664. The van der Waals surface area contributed by atoms with Crippen LogP contribution in [-0.2, 0) is 4.79 Å². The second kappa shape index (κ2) is 5.57. The molecule has 0 bridgehead atoms. The Hall–Kier alpha value is -2.62. The number of nitrogen functional groups attached to an aromatic ring is 1. The average molecular weight is 268 g/mol. The molecule has 0 fully saturated rings. The van der Waals surface area contributed by atoms with Crippen LogP contribution >= 0.6 is 0 Å². The average Bonchev–Trinajstić information content (AvgIpc) is 2.41. The number of nitrogens with one attached hydrogen (secondary N) is 1. The van der Waals surface area contributed by atoms with Crippen LogP contribution in [0.5, 0.6) is 0 Å². The summed E-state index contributed by atoms with van der Waals surface area (Å²) in [6.45, 7) is 3.33. The lowest BCUT2D eigenvalue weighted by atomic mass is 10.0. The van der Waals surface area contributed by atoms with Gasteiger partial charge in [-0.15, -0.1) is 0 Å². The molecule has 102 valence electrons. The molecule has 0 saturated heterocycles. The summed E-state index contributed by atoms with van der Waals surface area (Å²) in [6, 6.07) is 12.0. The first-order valence-corrected chi connectivity index (χ1v) is 6.26. The monoisotopic (exact) mass is 268 g/mol. The molecule has 0 aromatic heterocycles. The van der Waals surface area contributed by atoms with Gasteiger partial charge in [0.25, 0.3) is 0 Å². The molecule has 0 spiro atoms. The SMILES string of the molecule is CC(=O)Nc1ccc(C(=O)c2ccc(C)c(N)c2)cc1. The molecule has 0 unspecified atom stereocenters. The number of hydrogen-bond acceptors (Lipinski definition) is 3. The van der Waals surface area contributed by atoms with Crippen LogP contribution in [0.25, 0.3) is 0 Å². The van der Waals surface area contributed by atoms with Crippen molar-refractivity contribution in [2.24, 2.45) is 0 Å². The molecular weight excluding hydrogens is 252 g/mol. The third-order valence-corrected chi connectivity index (χ3v) is 3.01.